The van der Waals surface area contributed by atoms with E-state index in [2.05, 4.69) is 41.7 Å². The summed E-state index contributed by atoms with van der Waals surface area (Å²) >= 11 is 0. The van der Waals surface area contributed by atoms with Crippen molar-refractivity contribution in [2.45, 2.75) is 59.9 Å². The minimum Gasteiger partial charge on any atom is -0.324 e. The van der Waals surface area contributed by atoms with Crippen LogP contribution >= 0.6 is 0 Å². The molecule has 0 aromatic carbocycles. The molecule has 3 unspecified atom stereocenters. The van der Waals surface area contributed by atoms with E-state index in [1.165, 1.54) is 36.8 Å². The van der Waals surface area contributed by atoms with Gasteiger partial charge in [-0.15, -0.1) is 0 Å². The molecule has 0 amide bonds. The normalized spacial score (nSPS) is 20.1. The maximum Gasteiger partial charge on any atom is 0.0862 e. The lowest BCUT2D eigenvalue weighted by Crippen LogP contribution is -2.51. The molecule has 86 valence electrons. The number of nitrogens with zero attached hydrogens (tertiary/aromatic N) is 1. The van der Waals surface area contributed by atoms with Crippen molar-refractivity contribution in [3.63, 3.8) is 0 Å². The highest BCUT2D eigenvalue weighted by Crippen LogP contribution is 2.20. The van der Waals surface area contributed by atoms with E-state index in [9.17, 15) is 0 Å². The van der Waals surface area contributed by atoms with Gasteiger partial charge in [-0.1, -0.05) is 27.2 Å². The molecule has 3 atom stereocenters. The number of rotatable bonds is 7. The Bertz CT molecular complexity index is 144. The molecule has 0 aliphatic heterocycles. The highest BCUT2D eigenvalue weighted by Gasteiger charge is 2.26. The third-order valence-corrected chi connectivity index (χ3v) is 3.96. The van der Waals surface area contributed by atoms with Crippen molar-refractivity contribution < 1.29 is 4.48 Å². The summed E-state index contributed by atoms with van der Waals surface area (Å²) in [5.74, 6) is 0.880. The quantitative estimate of drug-likeness (QED) is 0.550. The van der Waals surface area contributed by atoms with Gasteiger partial charge in [0, 0.05) is 6.42 Å². The summed E-state index contributed by atoms with van der Waals surface area (Å²) in [4.78, 5) is 0. The van der Waals surface area contributed by atoms with E-state index in [-0.39, 0.29) is 0 Å². The minimum absolute atomic E-state index is 0.815. The number of hydrogen-bond acceptors (Lipinski definition) is 0. The van der Waals surface area contributed by atoms with Crippen LogP contribution in [0.3, 0.4) is 0 Å². The van der Waals surface area contributed by atoms with Crippen LogP contribution in [0.2, 0.25) is 0 Å². The Balaban J connectivity index is 4.21. The molecule has 0 aromatic heterocycles. The molecule has 0 aromatic rings. The average molecular weight is 200 g/mol. The summed E-state index contributed by atoms with van der Waals surface area (Å²) in [6.45, 7) is 14.3. The van der Waals surface area contributed by atoms with Crippen LogP contribution in [0, 0.1) is 5.92 Å². The van der Waals surface area contributed by atoms with E-state index in [1.54, 1.807) is 0 Å². The molecule has 0 saturated heterocycles. The Morgan fingerprint density at radius 3 is 2.00 bits per heavy atom. The van der Waals surface area contributed by atoms with Gasteiger partial charge in [-0.3, -0.25) is 0 Å². The predicted molar refractivity (Wildman–Crippen MR) is 65.4 cm³/mol. The van der Waals surface area contributed by atoms with Gasteiger partial charge >= 0.3 is 0 Å². The van der Waals surface area contributed by atoms with Gasteiger partial charge in [0.05, 0.1) is 26.2 Å². The lowest BCUT2D eigenvalue weighted by Gasteiger charge is -2.40. The second kappa shape index (κ2) is 6.44. The summed E-state index contributed by atoms with van der Waals surface area (Å²) in [6.07, 6.45) is 4.00. The van der Waals surface area contributed by atoms with Gasteiger partial charge in [-0.25, -0.2) is 0 Å². The third kappa shape index (κ3) is 4.00. The summed E-state index contributed by atoms with van der Waals surface area (Å²) in [5.41, 5.74) is 0. The Morgan fingerprint density at radius 1 is 1.07 bits per heavy atom. The fourth-order valence-electron chi connectivity index (χ4n) is 2.20. The van der Waals surface area contributed by atoms with Crippen molar-refractivity contribution in [3.8, 4) is 0 Å². The van der Waals surface area contributed by atoms with Crippen molar-refractivity contribution in [1.29, 1.82) is 0 Å². The van der Waals surface area contributed by atoms with E-state index in [4.69, 9.17) is 0 Å². The monoisotopic (exact) mass is 200 g/mol. The minimum atomic E-state index is 0.815. The van der Waals surface area contributed by atoms with E-state index in [1.807, 2.05) is 0 Å². The molecule has 0 N–H and O–H groups in total. The van der Waals surface area contributed by atoms with Crippen LogP contribution in [-0.2, 0) is 0 Å². The molecule has 1 heteroatoms. The van der Waals surface area contributed by atoms with E-state index in [0.717, 1.165) is 12.0 Å². The van der Waals surface area contributed by atoms with Gasteiger partial charge in [0.2, 0.25) is 0 Å². The Labute approximate surface area is 91.1 Å². The Kier molecular flexibility index (Phi) is 6.43. The zero-order valence-electron chi connectivity index (χ0n) is 11.1. The number of quaternary nitrogens is 1. The molecule has 0 fully saturated rings. The molecule has 0 spiro atoms. The average Bonchev–Trinajstić information content (AvgIpc) is 2.17. The molecular weight excluding hydrogens is 170 g/mol. The summed E-state index contributed by atoms with van der Waals surface area (Å²) in [6, 6.07) is 0.815. The predicted octanol–water partition coefficient (Wildman–Crippen LogP) is 3.69. The first-order chi connectivity index (χ1) is 6.50. The maximum absolute atomic E-state index is 2.42. The fraction of sp³-hybridized carbons (Fsp3) is 1.00. The van der Waals surface area contributed by atoms with Crippen LogP contribution < -0.4 is 0 Å². The van der Waals surface area contributed by atoms with Gasteiger partial charge in [-0.05, 0) is 26.2 Å². The van der Waals surface area contributed by atoms with Crippen molar-refractivity contribution in [2.24, 2.45) is 5.92 Å². The van der Waals surface area contributed by atoms with Crippen LogP contribution in [-0.4, -0.2) is 30.7 Å². The van der Waals surface area contributed by atoms with E-state index < -0.39 is 0 Å². The lowest BCUT2D eigenvalue weighted by atomic mass is 9.98. The summed E-state index contributed by atoms with van der Waals surface area (Å²) in [5, 5.41) is 0. The standard InChI is InChI=1S/C13H30N/c1-7-10-14(6,9-3)13(5)11-12(4)8-2/h12-13H,7-11H2,1-6H3/q+1. The molecule has 0 radical (unpaired) electrons. The van der Waals surface area contributed by atoms with Crippen LogP contribution in [0.15, 0.2) is 0 Å². The highest BCUT2D eigenvalue weighted by molar-refractivity contribution is 4.58. The first-order valence-electron chi connectivity index (χ1n) is 6.34. The van der Waals surface area contributed by atoms with Crippen LogP contribution in [0.25, 0.3) is 0 Å². The zero-order chi connectivity index (χ0) is 11.2. The second-order valence-electron chi connectivity index (χ2n) is 5.12. The molecule has 0 aliphatic rings. The van der Waals surface area contributed by atoms with Crippen LogP contribution in [0.1, 0.15) is 53.9 Å². The van der Waals surface area contributed by atoms with Crippen LogP contribution in [0.5, 0.6) is 0 Å². The third-order valence-electron chi connectivity index (χ3n) is 3.96. The second-order valence-corrected chi connectivity index (χ2v) is 5.12. The molecule has 0 heterocycles. The fourth-order valence-corrected chi connectivity index (χ4v) is 2.20. The van der Waals surface area contributed by atoms with Gasteiger partial charge < -0.3 is 4.48 Å². The molecule has 0 aliphatic carbocycles. The maximum atomic E-state index is 2.42. The first-order valence-corrected chi connectivity index (χ1v) is 6.34. The molecule has 0 saturated carbocycles. The summed E-state index contributed by atoms with van der Waals surface area (Å²) < 4.78 is 1.25. The summed E-state index contributed by atoms with van der Waals surface area (Å²) in [7, 11) is 2.41. The molecule has 0 rings (SSSR count). The smallest absolute Gasteiger partial charge is 0.0862 e. The Hall–Kier alpha value is -0.0400. The lowest BCUT2D eigenvalue weighted by molar-refractivity contribution is -0.930. The van der Waals surface area contributed by atoms with Crippen LogP contribution in [0.4, 0.5) is 0 Å². The SMILES string of the molecule is CCC[N+](C)(CC)C(C)CC(C)CC. The van der Waals surface area contributed by atoms with Gasteiger partial charge in [-0.2, -0.15) is 0 Å². The molecule has 14 heavy (non-hydrogen) atoms. The molecule has 0 bridgehead atoms. The van der Waals surface area contributed by atoms with E-state index >= 15 is 0 Å². The van der Waals surface area contributed by atoms with Gasteiger partial charge in [0.1, 0.15) is 0 Å². The first kappa shape index (κ1) is 14.0. The van der Waals surface area contributed by atoms with Crippen molar-refractivity contribution in [2.75, 3.05) is 20.1 Å². The van der Waals surface area contributed by atoms with Gasteiger partial charge in [0.25, 0.3) is 0 Å². The molecular formula is C13H30N+. The largest absolute Gasteiger partial charge is 0.324 e. The van der Waals surface area contributed by atoms with Crippen molar-refractivity contribution in [1.82, 2.24) is 0 Å². The number of hydrogen-bond donors (Lipinski definition) is 0. The Morgan fingerprint density at radius 2 is 1.64 bits per heavy atom. The van der Waals surface area contributed by atoms with Crippen molar-refractivity contribution >= 4 is 0 Å². The topological polar surface area (TPSA) is 0 Å². The van der Waals surface area contributed by atoms with Crippen molar-refractivity contribution in [3.05, 3.63) is 0 Å². The molecule has 1 nitrogen and oxygen atoms in total. The highest BCUT2D eigenvalue weighted by atomic mass is 15.3. The zero-order valence-corrected chi connectivity index (χ0v) is 11.1. The van der Waals surface area contributed by atoms with E-state index in [0.29, 0.717) is 0 Å². The van der Waals surface area contributed by atoms with Gasteiger partial charge in [0.15, 0.2) is 0 Å².